The van der Waals surface area contributed by atoms with E-state index in [1.54, 1.807) is 6.08 Å². The summed E-state index contributed by atoms with van der Waals surface area (Å²) in [6.07, 6.45) is 54.2. The van der Waals surface area contributed by atoms with E-state index in [2.05, 4.69) is 99.0 Å². The van der Waals surface area contributed by atoms with Gasteiger partial charge in [-0.1, -0.05) is 220 Å². The number of hydrogen-bond acceptors (Lipinski definition) is 10. The molecule has 6 N–H and O–H groups in total. The number of unbranched alkanes of at least 4 members (excludes halogenated alkanes) is 17. The first-order valence-corrected chi connectivity index (χ1v) is 28.2. The maximum atomic E-state index is 13.4. The Bertz CT molecular complexity index is 1580. The third-order valence-electron chi connectivity index (χ3n) is 12.5. The lowest BCUT2D eigenvalue weighted by molar-refractivity contribution is -0.305. The van der Waals surface area contributed by atoms with Gasteiger partial charge in [0.05, 0.1) is 25.4 Å². The average Bonchev–Trinajstić information content (AvgIpc) is 3.38. The molecule has 1 saturated heterocycles. The molecule has 8 unspecified atom stereocenters. The Labute approximate surface area is 437 Å². The van der Waals surface area contributed by atoms with Crippen LogP contribution in [0.1, 0.15) is 201 Å². The van der Waals surface area contributed by atoms with Gasteiger partial charge in [0, 0.05) is 6.42 Å². The van der Waals surface area contributed by atoms with Crippen LogP contribution in [0, 0.1) is 0 Å². The third-order valence-corrected chi connectivity index (χ3v) is 12.5. The number of hydrogen-bond donors (Lipinski definition) is 6. The van der Waals surface area contributed by atoms with Crippen LogP contribution in [-0.2, 0) is 23.8 Å². The third kappa shape index (κ3) is 36.3. The van der Waals surface area contributed by atoms with Crippen LogP contribution in [0.5, 0.6) is 0 Å². The van der Waals surface area contributed by atoms with Crippen molar-refractivity contribution in [2.45, 2.75) is 250 Å². The van der Waals surface area contributed by atoms with Crippen LogP contribution in [0.3, 0.4) is 0 Å². The molecule has 0 aromatic heterocycles. The van der Waals surface area contributed by atoms with E-state index in [-0.39, 0.29) is 19.4 Å². The van der Waals surface area contributed by atoms with Gasteiger partial charge in [-0.2, -0.15) is 0 Å². The summed E-state index contributed by atoms with van der Waals surface area (Å²) in [5.74, 6) is -1.28. The SMILES string of the molecule is CC/C=C\C/C=C\C/C=C\C/C=C\C/C=C\CCCC(=O)OC1C(OCC(NC(=O)C(O)CCCCCCCC/C=C/C=C/C=C/CC)C(O)/C=C/CCCCCCCCCCCC)OC(CO)C(O)C1O. The lowest BCUT2D eigenvalue weighted by Gasteiger charge is -2.41. The summed E-state index contributed by atoms with van der Waals surface area (Å²) < 4.78 is 17.5. The molecule has 1 amide bonds. The zero-order chi connectivity index (χ0) is 52.5. The molecule has 1 fully saturated rings. The number of allylic oxidation sites excluding steroid dienone is 17. The summed E-state index contributed by atoms with van der Waals surface area (Å²) >= 11 is 0. The van der Waals surface area contributed by atoms with Gasteiger partial charge in [-0.15, -0.1) is 0 Å². The fourth-order valence-electron chi connectivity index (χ4n) is 8.04. The molecule has 1 heterocycles. The monoisotopic (exact) mass is 1010 g/mol. The second kappa shape index (κ2) is 48.3. The molecule has 0 bridgehead atoms. The minimum atomic E-state index is -1.64. The molecule has 0 saturated carbocycles. The number of aliphatic hydroxyl groups is 5. The zero-order valence-corrected chi connectivity index (χ0v) is 45.0. The Morgan fingerprint density at radius 1 is 0.569 bits per heavy atom. The topological polar surface area (TPSA) is 175 Å². The Morgan fingerprint density at radius 2 is 1.07 bits per heavy atom. The van der Waals surface area contributed by atoms with Gasteiger partial charge in [0.1, 0.15) is 24.4 Å². The molecule has 8 atom stereocenters. The number of nitrogens with one attached hydrogen (secondary N) is 1. The van der Waals surface area contributed by atoms with Crippen LogP contribution in [-0.4, -0.2) is 99.6 Å². The summed E-state index contributed by atoms with van der Waals surface area (Å²) in [5.41, 5.74) is 0. The van der Waals surface area contributed by atoms with Crippen LogP contribution in [0.2, 0.25) is 0 Å². The van der Waals surface area contributed by atoms with Gasteiger partial charge in [-0.3, -0.25) is 9.59 Å². The highest BCUT2D eigenvalue weighted by atomic mass is 16.7. The van der Waals surface area contributed by atoms with Crippen LogP contribution >= 0.6 is 0 Å². The lowest BCUT2D eigenvalue weighted by Crippen LogP contribution is -2.61. The van der Waals surface area contributed by atoms with E-state index < -0.39 is 67.4 Å². The summed E-state index contributed by atoms with van der Waals surface area (Å²) in [4.78, 5) is 26.4. The molecular formula is C61H101NO10. The minimum absolute atomic E-state index is 0.0378. The van der Waals surface area contributed by atoms with E-state index in [1.807, 2.05) is 30.4 Å². The van der Waals surface area contributed by atoms with Gasteiger partial charge in [0.2, 0.25) is 5.91 Å². The second-order valence-corrected chi connectivity index (χ2v) is 19.0. The zero-order valence-electron chi connectivity index (χ0n) is 45.0. The van der Waals surface area contributed by atoms with E-state index >= 15 is 0 Å². The quantitative estimate of drug-likeness (QED) is 0.0149. The van der Waals surface area contributed by atoms with Crippen molar-refractivity contribution in [1.29, 1.82) is 0 Å². The van der Waals surface area contributed by atoms with Gasteiger partial charge < -0.3 is 45.1 Å². The van der Waals surface area contributed by atoms with E-state index in [0.717, 1.165) is 103 Å². The number of rotatable bonds is 45. The Hall–Kier alpha value is -3.68. The maximum Gasteiger partial charge on any atom is 0.306 e. The van der Waals surface area contributed by atoms with E-state index in [0.29, 0.717) is 19.3 Å². The number of amides is 1. The number of carbonyl (C=O) groups excluding carboxylic acids is 2. The summed E-state index contributed by atoms with van der Waals surface area (Å²) in [6, 6.07) is -1.05. The molecule has 72 heavy (non-hydrogen) atoms. The van der Waals surface area contributed by atoms with Crippen molar-refractivity contribution >= 4 is 11.9 Å². The lowest BCUT2D eigenvalue weighted by atomic mass is 9.99. The standard InChI is InChI=1S/C61H101NO10/c1-4-7-10-13-16-19-22-25-27-28-29-31-34-37-40-43-46-49-56(66)72-59-58(68)57(67)55(50-63)71-61(59)70-51-52(53(64)47-44-41-38-35-32-24-21-18-15-12-9-6-3)62-60(69)54(65)48-45-42-39-36-33-30-26-23-20-17-14-11-8-5-2/h7-8,10-11,14,16-17,19-20,23,25,27,29,31,37,40,44,47,52-55,57-59,61,63-65,67-68H,4-6,9,12-13,15,18,21-22,24,26,28,30,32-36,38-39,41-43,45-46,48-51H2,1-3H3,(H,62,69)/b10-7-,11-8+,17-14+,19-16-,23-20+,27-25-,31-29-,40-37-,47-44+. The smallest absolute Gasteiger partial charge is 0.306 e. The predicted molar refractivity (Wildman–Crippen MR) is 296 cm³/mol. The maximum absolute atomic E-state index is 13.4. The molecule has 11 nitrogen and oxygen atoms in total. The van der Waals surface area contributed by atoms with Crippen molar-refractivity contribution in [2.24, 2.45) is 0 Å². The van der Waals surface area contributed by atoms with Crippen molar-refractivity contribution in [1.82, 2.24) is 5.32 Å². The molecule has 1 rings (SSSR count). The molecule has 0 radical (unpaired) electrons. The van der Waals surface area contributed by atoms with Crippen molar-refractivity contribution in [3.8, 4) is 0 Å². The first-order valence-electron chi connectivity index (χ1n) is 28.2. The molecule has 0 aliphatic carbocycles. The van der Waals surface area contributed by atoms with Crippen LogP contribution in [0.25, 0.3) is 0 Å². The van der Waals surface area contributed by atoms with Crippen LogP contribution in [0.15, 0.2) is 109 Å². The normalized spacial score (nSPS) is 20.4. The van der Waals surface area contributed by atoms with Crippen LogP contribution in [0.4, 0.5) is 0 Å². The highest BCUT2D eigenvalue weighted by Crippen LogP contribution is 2.26. The van der Waals surface area contributed by atoms with Gasteiger partial charge in [0.25, 0.3) is 0 Å². The molecule has 1 aliphatic rings. The Kier molecular flexibility index (Phi) is 44.5. The highest BCUT2D eigenvalue weighted by Gasteiger charge is 2.47. The number of carbonyl (C=O) groups is 2. The molecule has 0 aromatic carbocycles. The van der Waals surface area contributed by atoms with Gasteiger partial charge in [-0.25, -0.2) is 0 Å². The fraction of sp³-hybridized carbons (Fsp3) is 0.672. The molecule has 0 spiro atoms. The van der Waals surface area contributed by atoms with E-state index in [4.69, 9.17) is 14.2 Å². The Balaban J connectivity index is 2.79. The first-order chi connectivity index (χ1) is 35.2. The average molecular weight is 1010 g/mol. The van der Waals surface area contributed by atoms with Gasteiger partial charge >= 0.3 is 5.97 Å². The van der Waals surface area contributed by atoms with Crippen molar-refractivity contribution in [3.05, 3.63) is 109 Å². The molecule has 1 aliphatic heterocycles. The minimum Gasteiger partial charge on any atom is -0.454 e. The number of ether oxygens (including phenoxy) is 3. The van der Waals surface area contributed by atoms with Crippen molar-refractivity contribution in [3.63, 3.8) is 0 Å². The van der Waals surface area contributed by atoms with Gasteiger partial charge in [-0.05, 0) is 83.5 Å². The highest BCUT2D eigenvalue weighted by molar-refractivity contribution is 5.80. The molecular weight excluding hydrogens is 907 g/mol. The molecule has 11 heteroatoms. The second-order valence-electron chi connectivity index (χ2n) is 19.0. The summed E-state index contributed by atoms with van der Waals surface area (Å²) in [6.45, 7) is 5.47. The van der Waals surface area contributed by atoms with Crippen molar-refractivity contribution in [2.75, 3.05) is 13.2 Å². The van der Waals surface area contributed by atoms with E-state index in [1.165, 1.54) is 44.9 Å². The summed E-state index contributed by atoms with van der Waals surface area (Å²) in [5, 5.41) is 56.7. The Morgan fingerprint density at radius 3 is 1.64 bits per heavy atom. The van der Waals surface area contributed by atoms with Crippen molar-refractivity contribution < 1.29 is 49.3 Å². The largest absolute Gasteiger partial charge is 0.454 e. The molecule has 0 aromatic rings. The predicted octanol–water partition coefficient (Wildman–Crippen LogP) is 12.5. The fourth-order valence-corrected chi connectivity index (χ4v) is 8.04. The first kappa shape index (κ1) is 66.3. The number of esters is 1. The van der Waals surface area contributed by atoms with E-state index in [9.17, 15) is 35.1 Å². The molecule has 410 valence electrons. The van der Waals surface area contributed by atoms with Crippen LogP contribution < -0.4 is 5.32 Å². The van der Waals surface area contributed by atoms with Gasteiger partial charge in [0.15, 0.2) is 12.4 Å². The summed E-state index contributed by atoms with van der Waals surface area (Å²) in [7, 11) is 0. The number of aliphatic hydroxyl groups excluding tert-OH is 5.